The highest BCUT2D eigenvalue weighted by molar-refractivity contribution is 6.46. The Kier molecular flexibility index (Phi) is 4.17. The van der Waals surface area contributed by atoms with E-state index in [9.17, 15) is 9.59 Å². The van der Waals surface area contributed by atoms with Gasteiger partial charge in [0.25, 0.3) is 11.8 Å². The smallest absolute Gasteiger partial charge is 0.268 e. The van der Waals surface area contributed by atoms with E-state index in [-0.39, 0.29) is 18.2 Å². The molecule has 2 aromatic carbocycles. The second kappa shape index (κ2) is 6.65. The van der Waals surface area contributed by atoms with Crippen LogP contribution in [-0.2, 0) is 21.7 Å². The monoisotopic (exact) mass is 362 g/mol. The van der Waals surface area contributed by atoms with Crippen molar-refractivity contribution >= 4 is 28.6 Å². The fraction of sp³-hybridized carbons (Fsp3) is 0.158. The number of para-hydroxylation sites is 2. The number of nitrogens with two attached hydrogens (primary N) is 1. The van der Waals surface area contributed by atoms with E-state index in [1.165, 1.54) is 0 Å². The van der Waals surface area contributed by atoms with Crippen LogP contribution in [0.15, 0.2) is 59.6 Å². The summed E-state index contributed by atoms with van der Waals surface area (Å²) in [7, 11) is 0. The molecule has 2 heterocycles. The van der Waals surface area contributed by atoms with Gasteiger partial charge in [-0.25, -0.2) is 4.98 Å². The van der Waals surface area contributed by atoms with Crippen molar-refractivity contribution in [3.05, 3.63) is 66.0 Å². The van der Waals surface area contributed by atoms with E-state index in [1.807, 2.05) is 54.6 Å². The van der Waals surface area contributed by atoms with Crippen LogP contribution >= 0.6 is 0 Å². The fourth-order valence-corrected chi connectivity index (χ4v) is 3.19. The lowest BCUT2D eigenvalue weighted by Crippen LogP contribution is -2.59. The van der Waals surface area contributed by atoms with Crippen molar-refractivity contribution in [1.29, 1.82) is 0 Å². The van der Waals surface area contributed by atoms with E-state index in [2.05, 4.69) is 25.6 Å². The number of nitrogens with zero attached hydrogens (tertiary/aromatic N) is 2. The average Bonchev–Trinajstić information content (AvgIpc) is 3.31. The Morgan fingerprint density at radius 3 is 2.59 bits per heavy atom. The van der Waals surface area contributed by atoms with Crippen LogP contribution in [0.25, 0.3) is 11.0 Å². The van der Waals surface area contributed by atoms with Gasteiger partial charge < -0.3 is 16.0 Å². The van der Waals surface area contributed by atoms with Crippen LogP contribution in [-0.4, -0.2) is 34.2 Å². The van der Waals surface area contributed by atoms with E-state index in [1.54, 1.807) is 0 Å². The molecule has 0 fully saturated rings. The number of imidazole rings is 1. The van der Waals surface area contributed by atoms with Crippen molar-refractivity contribution in [1.82, 2.24) is 20.6 Å². The van der Waals surface area contributed by atoms with Crippen LogP contribution in [0.2, 0.25) is 0 Å². The minimum absolute atomic E-state index is 0.00462. The van der Waals surface area contributed by atoms with Gasteiger partial charge in [0.1, 0.15) is 11.5 Å². The standard InChI is InChI=1S/C19H18N6O2/c20-17(27)19(18-24-13-8-4-5-9-14(13)25-18)15(22-11-23-19)16(26)21-10-12-6-2-1-3-7-12/h1-9,23H,10-11H2,(H2,20,27)(H,21,26)(H,24,25). The van der Waals surface area contributed by atoms with Gasteiger partial charge in [0, 0.05) is 6.54 Å². The molecular formula is C19H18N6O2. The first-order valence-electron chi connectivity index (χ1n) is 8.48. The van der Waals surface area contributed by atoms with Gasteiger partial charge in [-0.1, -0.05) is 42.5 Å². The zero-order valence-electron chi connectivity index (χ0n) is 14.4. The maximum Gasteiger partial charge on any atom is 0.268 e. The molecule has 1 aromatic heterocycles. The third kappa shape index (κ3) is 2.85. The van der Waals surface area contributed by atoms with Gasteiger partial charge in [-0.3, -0.25) is 19.9 Å². The van der Waals surface area contributed by atoms with Crippen molar-refractivity contribution in [2.75, 3.05) is 6.67 Å². The number of hydrogen-bond donors (Lipinski definition) is 4. The molecule has 0 saturated carbocycles. The number of primary amides is 1. The first-order chi connectivity index (χ1) is 13.1. The molecule has 2 amide bonds. The SMILES string of the molecule is NC(=O)C1(c2nc3ccccc3[nH]2)NCN=C1C(=O)NCc1ccccc1. The van der Waals surface area contributed by atoms with Crippen LogP contribution in [0.4, 0.5) is 0 Å². The van der Waals surface area contributed by atoms with E-state index >= 15 is 0 Å². The maximum absolute atomic E-state index is 12.8. The molecule has 0 aliphatic carbocycles. The molecule has 0 saturated heterocycles. The number of fused-ring (bicyclic) bond motifs is 1. The quantitative estimate of drug-likeness (QED) is 0.529. The minimum Gasteiger partial charge on any atom is -0.367 e. The predicted molar refractivity (Wildman–Crippen MR) is 101 cm³/mol. The first kappa shape index (κ1) is 16.9. The Labute approximate surface area is 154 Å². The van der Waals surface area contributed by atoms with Crippen molar-refractivity contribution in [3.8, 4) is 0 Å². The third-order valence-corrected chi connectivity index (χ3v) is 4.56. The highest BCUT2D eigenvalue weighted by atomic mass is 16.2. The Hall–Kier alpha value is -3.52. The topological polar surface area (TPSA) is 125 Å². The molecule has 0 spiro atoms. The van der Waals surface area contributed by atoms with Crippen LogP contribution < -0.4 is 16.4 Å². The lowest BCUT2D eigenvalue weighted by molar-refractivity contribution is -0.123. The van der Waals surface area contributed by atoms with Crippen molar-refractivity contribution < 1.29 is 9.59 Å². The molecule has 3 aromatic rings. The number of H-pyrrole nitrogens is 1. The maximum atomic E-state index is 12.8. The van der Waals surface area contributed by atoms with Gasteiger partial charge in [-0.05, 0) is 17.7 Å². The number of amides is 2. The Balaban J connectivity index is 1.66. The fourth-order valence-electron chi connectivity index (χ4n) is 3.19. The number of rotatable bonds is 5. The summed E-state index contributed by atoms with van der Waals surface area (Å²) in [6.45, 7) is 0.405. The van der Waals surface area contributed by atoms with Crippen molar-refractivity contribution in [3.63, 3.8) is 0 Å². The van der Waals surface area contributed by atoms with E-state index in [0.717, 1.165) is 11.1 Å². The normalized spacial score (nSPS) is 19.0. The van der Waals surface area contributed by atoms with Gasteiger partial charge in [0.15, 0.2) is 0 Å². The molecule has 8 nitrogen and oxygen atoms in total. The molecule has 1 atom stereocenters. The largest absolute Gasteiger partial charge is 0.367 e. The molecule has 27 heavy (non-hydrogen) atoms. The lowest BCUT2D eigenvalue weighted by atomic mass is 9.91. The summed E-state index contributed by atoms with van der Waals surface area (Å²) in [6.07, 6.45) is 0. The summed E-state index contributed by atoms with van der Waals surface area (Å²) in [6, 6.07) is 16.8. The van der Waals surface area contributed by atoms with Gasteiger partial charge in [-0.15, -0.1) is 0 Å². The highest BCUT2D eigenvalue weighted by Crippen LogP contribution is 2.26. The Bertz CT molecular complexity index is 1010. The highest BCUT2D eigenvalue weighted by Gasteiger charge is 2.52. The number of aromatic nitrogens is 2. The summed E-state index contributed by atoms with van der Waals surface area (Å²) in [5.41, 5.74) is 6.46. The number of hydrogen-bond acceptors (Lipinski definition) is 5. The Morgan fingerprint density at radius 2 is 1.85 bits per heavy atom. The summed E-state index contributed by atoms with van der Waals surface area (Å²) in [5, 5.41) is 5.74. The van der Waals surface area contributed by atoms with E-state index in [4.69, 9.17) is 5.73 Å². The number of carbonyl (C=O) groups is 2. The van der Waals surface area contributed by atoms with Crippen LogP contribution in [0.1, 0.15) is 11.4 Å². The average molecular weight is 362 g/mol. The molecule has 5 N–H and O–H groups in total. The second-order valence-electron chi connectivity index (χ2n) is 6.23. The molecule has 136 valence electrons. The molecule has 8 heteroatoms. The summed E-state index contributed by atoms with van der Waals surface area (Å²) in [5.74, 6) is -0.960. The minimum atomic E-state index is -1.60. The van der Waals surface area contributed by atoms with E-state index in [0.29, 0.717) is 12.1 Å². The van der Waals surface area contributed by atoms with Crippen molar-refractivity contribution in [2.24, 2.45) is 10.7 Å². The van der Waals surface area contributed by atoms with Crippen molar-refractivity contribution in [2.45, 2.75) is 12.1 Å². The number of carbonyl (C=O) groups excluding carboxylic acids is 2. The number of aromatic amines is 1. The summed E-state index contributed by atoms with van der Waals surface area (Å²) < 4.78 is 0. The first-order valence-corrected chi connectivity index (χ1v) is 8.48. The van der Waals surface area contributed by atoms with Gasteiger partial charge >= 0.3 is 0 Å². The molecule has 1 aliphatic heterocycles. The second-order valence-corrected chi connectivity index (χ2v) is 6.23. The Morgan fingerprint density at radius 1 is 1.11 bits per heavy atom. The number of nitrogens with one attached hydrogen (secondary N) is 3. The lowest BCUT2D eigenvalue weighted by Gasteiger charge is -2.25. The van der Waals surface area contributed by atoms with Gasteiger partial charge in [-0.2, -0.15) is 0 Å². The van der Waals surface area contributed by atoms with Gasteiger partial charge in [0.2, 0.25) is 5.54 Å². The molecule has 0 bridgehead atoms. The third-order valence-electron chi connectivity index (χ3n) is 4.56. The number of benzene rings is 2. The molecule has 4 rings (SSSR count). The summed E-state index contributed by atoms with van der Waals surface area (Å²) in [4.78, 5) is 37.0. The molecule has 1 unspecified atom stereocenters. The zero-order chi connectivity index (χ0) is 18.9. The summed E-state index contributed by atoms with van der Waals surface area (Å²) >= 11 is 0. The van der Waals surface area contributed by atoms with Crippen LogP contribution in [0.5, 0.6) is 0 Å². The van der Waals surface area contributed by atoms with Gasteiger partial charge in [0.05, 0.1) is 17.7 Å². The number of aliphatic imine (C=N–C) groups is 1. The molecule has 0 radical (unpaired) electrons. The van der Waals surface area contributed by atoms with Crippen LogP contribution in [0, 0.1) is 0 Å². The molecule has 1 aliphatic rings. The zero-order valence-corrected chi connectivity index (χ0v) is 14.4. The predicted octanol–water partition coefficient (Wildman–Crippen LogP) is 0.562. The molecular weight excluding hydrogens is 344 g/mol. The van der Waals surface area contributed by atoms with E-state index < -0.39 is 17.4 Å². The van der Waals surface area contributed by atoms with Crippen LogP contribution in [0.3, 0.4) is 0 Å².